The van der Waals surface area contributed by atoms with Gasteiger partial charge in [-0.2, -0.15) is 0 Å². The number of fused-ring (bicyclic) bond motifs is 1. The summed E-state index contributed by atoms with van der Waals surface area (Å²) in [5.41, 5.74) is 0. The van der Waals surface area contributed by atoms with E-state index in [-0.39, 0.29) is 24.4 Å². The van der Waals surface area contributed by atoms with E-state index >= 15 is 0 Å². The lowest BCUT2D eigenvalue weighted by Gasteiger charge is -2.28. The first kappa shape index (κ1) is 13.7. The number of hydrogen-bond acceptors (Lipinski definition) is 6. The Bertz CT molecular complexity index is 355. The molecule has 0 bridgehead atoms. The third-order valence-corrected chi connectivity index (χ3v) is 3.70. The molecule has 3 aliphatic rings. The van der Waals surface area contributed by atoms with Crippen molar-refractivity contribution in [3.8, 4) is 0 Å². The lowest BCUT2D eigenvalue weighted by atomic mass is 10.1. The molecule has 3 fully saturated rings. The standard InChI is InChI=1S/C13H22O6/c1-12(2)15-6-7(17-12)8-9(14-5)10-11(16-8)19-13(3,4)18-10/h7-11H,6H2,1-5H3/t7-,8+,9-,10+,11+/m0/s1. The first-order valence-electron chi connectivity index (χ1n) is 6.67. The fraction of sp³-hybridized carbons (Fsp3) is 1.00. The van der Waals surface area contributed by atoms with Crippen LogP contribution < -0.4 is 0 Å². The third-order valence-electron chi connectivity index (χ3n) is 3.70. The van der Waals surface area contributed by atoms with Gasteiger partial charge in [-0.1, -0.05) is 0 Å². The minimum atomic E-state index is -0.636. The molecule has 5 atom stereocenters. The zero-order valence-electron chi connectivity index (χ0n) is 12.0. The van der Waals surface area contributed by atoms with Gasteiger partial charge in [-0.3, -0.25) is 0 Å². The number of hydrogen-bond donors (Lipinski definition) is 0. The zero-order valence-corrected chi connectivity index (χ0v) is 12.0. The fourth-order valence-electron chi connectivity index (χ4n) is 2.95. The van der Waals surface area contributed by atoms with Gasteiger partial charge in [0.05, 0.1) is 6.61 Å². The predicted octanol–water partition coefficient (Wildman–Crippen LogP) is 1.03. The Kier molecular flexibility index (Phi) is 3.16. The summed E-state index contributed by atoms with van der Waals surface area (Å²) < 4.78 is 34.5. The summed E-state index contributed by atoms with van der Waals surface area (Å²) in [6.45, 7) is 8.01. The Morgan fingerprint density at radius 2 is 1.68 bits per heavy atom. The lowest BCUT2D eigenvalue weighted by Crippen LogP contribution is -2.43. The SMILES string of the molecule is CO[C@@H]1[C@H]2OC(C)(C)O[C@H]2O[C@@H]1[C@@H]1COC(C)(C)O1. The van der Waals surface area contributed by atoms with Crippen LogP contribution in [-0.2, 0) is 28.4 Å². The molecular weight excluding hydrogens is 252 g/mol. The van der Waals surface area contributed by atoms with E-state index in [0.29, 0.717) is 6.61 Å². The quantitative estimate of drug-likeness (QED) is 0.749. The van der Waals surface area contributed by atoms with Crippen molar-refractivity contribution >= 4 is 0 Å². The maximum Gasteiger partial charge on any atom is 0.190 e. The first-order chi connectivity index (χ1) is 8.81. The van der Waals surface area contributed by atoms with E-state index < -0.39 is 17.9 Å². The van der Waals surface area contributed by atoms with Crippen LogP contribution in [0.4, 0.5) is 0 Å². The summed E-state index contributed by atoms with van der Waals surface area (Å²) in [5, 5.41) is 0. The number of rotatable bonds is 2. The zero-order chi connectivity index (χ0) is 13.8. The van der Waals surface area contributed by atoms with Crippen molar-refractivity contribution < 1.29 is 28.4 Å². The molecule has 0 aromatic heterocycles. The molecule has 0 aliphatic carbocycles. The molecule has 0 aromatic rings. The van der Waals surface area contributed by atoms with Crippen molar-refractivity contribution in [3.05, 3.63) is 0 Å². The molecule has 0 unspecified atom stereocenters. The Morgan fingerprint density at radius 1 is 0.947 bits per heavy atom. The van der Waals surface area contributed by atoms with Gasteiger partial charge in [-0.15, -0.1) is 0 Å². The van der Waals surface area contributed by atoms with Crippen molar-refractivity contribution in [2.45, 2.75) is 70.0 Å². The van der Waals surface area contributed by atoms with E-state index in [1.54, 1.807) is 7.11 Å². The van der Waals surface area contributed by atoms with E-state index in [1.807, 2.05) is 27.7 Å². The van der Waals surface area contributed by atoms with Gasteiger partial charge in [0.2, 0.25) is 0 Å². The molecule has 0 amide bonds. The van der Waals surface area contributed by atoms with E-state index in [4.69, 9.17) is 28.4 Å². The summed E-state index contributed by atoms with van der Waals surface area (Å²) in [6.07, 6.45) is -1.25. The Balaban J connectivity index is 1.72. The third kappa shape index (κ3) is 2.41. The van der Waals surface area contributed by atoms with Crippen molar-refractivity contribution in [1.82, 2.24) is 0 Å². The monoisotopic (exact) mass is 274 g/mol. The van der Waals surface area contributed by atoms with Crippen LogP contribution in [0.5, 0.6) is 0 Å². The topological polar surface area (TPSA) is 55.4 Å². The van der Waals surface area contributed by atoms with Crippen LogP contribution >= 0.6 is 0 Å². The van der Waals surface area contributed by atoms with Crippen LogP contribution in [-0.4, -0.2) is 56.0 Å². The van der Waals surface area contributed by atoms with Gasteiger partial charge in [-0.05, 0) is 27.7 Å². The van der Waals surface area contributed by atoms with Crippen LogP contribution in [0.2, 0.25) is 0 Å². The van der Waals surface area contributed by atoms with Gasteiger partial charge in [-0.25, -0.2) is 0 Å². The second-order valence-electron chi connectivity index (χ2n) is 6.14. The van der Waals surface area contributed by atoms with Gasteiger partial charge >= 0.3 is 0 Å². The highest BCUT2D eigenvalue weighted by Crippen LogP contribution is 2.41. The van der Waals surface area contributed by atoms with Crippen molar-refractivity contribution in [3.63, 3.8) is 0 Å². The molecule has 0 spiro atoms. The average molecular weight is 274 g/mol. The summed E-state index contributed by atoms with van der Waals surface area (Å²) in [7, 11) is 1.65. The Morgan fingerprint density at radius 3 is 2.26 bits per heavy atom. The molecule has 3 rings (SSSR count). The molecule has 0 aromatic carbocycles. The van der Waals surface area contributed by atoms with Gasteiger partial charge in [0.25, 0.3) is 0 Å². The van der Waals surface area contributed by atoms with Crippen LogP contribution in [0.15, 0.2) is 0 Å². The molecule has 3 saturated heterocycles. The van der Waals surface area contributed by atoms with Crippen molar-refractivity contribution in [2.24, 2.45) is 0 Å². The van der Waals surface area contributed by atoms with Crippen LogP contribution in [0.1, 0.15) is 27.7 Å². The summed E-state index contributed by atoms with van der Waals surface area (Å²) in [6, 6.07) is 0. The summed E-state index contributed by atoms with van der Waals surface area (Å²) in [5.74, 6) is -1.21. The molecule has 6 heteroatoms. The molecule has 3 heterocycles. The highest BCUT2D eigenvalue weighted by atomic mass is 16.8. The fourth-order valence-corrected chi connectivity index (χ4v) is 2.95. The van der Waals surface area contributed by atoms with E-state index in [0.717, 1.165) is 0 Å². The highest BCUT2D eigenvalue weighted by Gasteiger charge is 2.58. The van der Waals surface area contributed by atoms with E-state index in [9.17, 15) is 0 Å². The number of ether oxygens (including phenoxy) is 6. The van der Waals surface area contributed by atoms with Gasteiger partial charge in [0, 0.05) is 7.11 Å². The van der Waals surface area contributed by atoms with Crippen molar-refractivity contribution in [1.29, 1.82) is 0 Å². The summed E-state index contributed by atoms with van der Waals surface area (Å²) >= 11 is 0. The Labute approximate surface area is 113 Å². The molecule has 6 nitrogen and oxygen atoms in total. The molecular formula is C13H22O6. The van der Waals surface area contributed by atoms with Crippen molar-refractivity contribution in [2.75, 3.05) is 13.7 Å². The lowest BCUT2D eigenvalue weighted by molar-refractivity contribution is -0.234. The molecule has 110 valence electrons. The molecule has 3 aliphatic heterocycles. The molecule has 0 radical (unpaired) electrons. The number of methoxy groups -OCH3 is 1. The Hall–Kier alpha value is -0.240. The largest absolute Gasteiger partial charge is 0.376 e. The van der Waals surface area contributed by atoms with Gasteiger partial charge in [0.15, 0.2) is 17.9 Å². The maximum absolute atomic E-state index is 5.92. The second-order valence-corrected chi connectivity index (χ2v) is 6.14. The smallest absolute Gasteiger partial charge is 0.190 e. The average Bonchev–Trinajstić information content (AvgIpc) is 2.87. The highest BCUT2D eigenvalue weighted by molar-refractivity contribution is 4.98. The predicted molar refractivity (Wildman–Crippen MR) is 64.4 cm³/mol. The maximum atomic E-state index is 5.92. The second kappa shape index (κ2) is 4.38. The summed E-state index contributed by atoms with van der Waals surface area (Å²) in [4.78, 5) is 0. The van der Waals surface area contributed by atoms with Crippen LogP contribution in [0.25, 0.3) is 0 Å². The minimum Gasteiger partial charge on any atom is -0.376 e. The molecule has 0 N–H and O–H groups in total. The first-order valence-corrected chi connectivity index (χ1v) is 6.67. The normalized spacial score (nSPS) is 47.5. The van der Waals surface area contributed by atoms with Crippen LogP contribution in [0, 0.1) is 0 Å². The van der Waals surface area contributed by atoms with Gasteiger partial charge < -0.3 is 28.4 Å². The van der Waals surface area contributed by atoms with E-state index in [1.165, 1.54) is 0 Å². The van der Waals surface area contributed by atoms with Crippen LogP contribution in [0.3, 0.4) is 0 Å². The van der Waals surface area contributed by atoms with Gasteiger partial charge in [0.1, 0.15) is 24.4 Å². The molecule has 19 heavy (non-hydrogen) atoms. The van der Waals surface area contributed by atoms with E-state index in [2.05, 4.69) is 0 Å². The molecule has 0 saturated carbocycles. The minimum absolute atomic E-state index is 0.166.